The first-order chi connectivity index (χ1) is 23.8. The number of carbonyl (C=O) groups excluding carboxylic acids is 2. The Hall–Kier alpha value is -5.57. The van der Waals surface area contributed by atoms with Gasteiger partial charge in [-0.1, -0.05) is 12.1 Å². The van der Waals surface area contributed by atoms with Gasteiger partial charge in [0.25, 0.3) is 0 Å². The summed E-state index contributed by atoms with van der Waals surface area (Å²) in [4.78, 5) is 38.3. The smallest absolute Gasteiger partial charge is 0.407 e. The number of aromatic nitrogens is 2. The number of hydrogen-bond donors (Lipinski definition) is 4. The maximum Gasteiger partial charge on any atom is 0.407 e. The molecule has 0 saturated carbocycles. The lowest BCUT2D eigenvalue weighted by Crippen LogP contribution is -2.45. The molecule has 4 N–H and O–H groups in total. The van der Waals surface area contributed by atoms with Crippen LogP contribution in [0.1, 0.15) is 61.6 Å². The van der Waals surface area contributed by atoms with Gasteiger partial charge in [-0.05, 0) is 107 Å². The molecule has 2 heterocycles. The second-order valence-corrected chi connectivity index (χ2v) is 13.6. The minimum absolute atomic E-state index is 0.0635. The van der Waals surface area contributed by atoms with Gasteiger partial charge in [-0.25, -0.2) is 9.78 Å². The van der Waals surface area contributed by atoms with E-state index in [0.29, 0.717) is 55.4 Å². The minimum atomic E-state index is -0.685. The predicted molar refractivity (Wildman–Crippen MR) is 191 cm³/mol. The standard InChI is InChI=1S/C38H45N7O5/c1-23-17-29(40-6)18-24(2)33(23)49-34-31-22-45(16-15-32(31)43-36(44-34)42-28-11-7-26(20-39)8-12-28)35(47)27(19-25-9-13-30(46)14-10-25)21-41-37(48)50-38(3,4)5/h7,9-11,13-14,17-18,27,40,46H,8,12,15-16,19,21-22H2,1-6H3,(H,41,48)(H,42,43,44)/t27-/m1/s1. The van der Waals surface area contributed by atoms with E-state index in [1.165, 1.54) is 0 Å². The molecule has 2 aliphatic rings. The van der Waals surface area contributed by atoms with Crippen molar-refractivity contribution in [3.05, 3.63) is 87.8 Å². The molecular weight excluding hydrogens is 634 g/mol. The molecule has 0 spiro atoms. The van der Waals surface area contributed by atoms with Crippen LogP contribution in [0.2, 0.25) is 0 Å². The molecule has 0 fully saturated rings. The van der Waals surface area contributed by atoms with E-state index in [0.717, 1.165) is 39.3 Å². The number of benzene rings is 2. The highest BCUT2D eigenvalue weighted by atomic mass is 16.6. The molecule has 1 aliphatic carbocycles. The Kier molecular flexibility index (Phi) is 11.0. The number of alkyl carbamates (subject to hydrolysis) is 1. The lowest BCUT2D eigenvalue weighted by atomic mass is 9.96. The Bertz CT molecular complexity index is 1830. The average Bonchev–Trinajstić information content (AvgIpc) is 3.08. The van der Waals surface area contributed by atoms with Crippen molar-refractivity contribution in [2.75, 3.05) is 30.8 Å². The first kappa shape index (κ1) is 35.7. The van der Waals surface area contributed by atoms with Gasteiger partial charge >= 0.3 is 6.09 Å². The van der Waals surface area contributed by atoms with Crippen LogP contribution in [-0.4, -0.2) is 57.7 Å². The van der Waals surface area contributed by atoms with E-state index in [1.807, 2.05) is 39.1 Å². The molecule has 2 amide bonds. The van der Waals surface area contributed by atoms with Crippen LogP contribution in [0.4, 0.5) is 16.4 Å². The second kappa shape index (κ2) is 15.3. The van der Waals surface area contributed by atoms with Crippen LogP contribution >= 0.6 is 0 Å². The van der Waals surface area contributed by atoms with Gasteiger partial charge in [0.1, 0.15) is 17.1 Å². The summed E-state index contributed by atoms with van der Waals surface area (Å²) in [6, 6.07) is 12.9. The molecular formula is C38H45N7O5. The van der Waals surface area contributed by atoms with Crippen molar-refractivity contribution >= 4 is 23.6 Å². The number of nitriles is 1. The summed E-state index contributed by atoms with van der Waals surface area (Å²) in [6.45, 7) is 9.99. The molecule has 12 heteroatoms. The monoisotopic (exact) mass is 679 g/mol. The van der Waals surface area contributed by atoms with E-state index in [-0.39, 0.29) is 24.7 Å². The Morgan fingerprint density at radius 2 is 1.78 bits per heavy atom. The maximum atomic E-state index is 14.3. The van der Waals surface area contributed by atoms with Crippen LogP contribution in [0.15, 0.2) is 59.8 Å². The molecule has 0 unspecified atom stereocenters. The number of nitrogens with zero attached hydrogens (tertiary/aromatic N) is 4. The topological polar surface area (TPSA) is 162 Å². The number of allylic oxidation sites excluding steroid dienone is 4. The van der Waals surface area contributed by atoms with Crippen LogP contribution in [-0.2, 0) is 28.9 Å². The zero-order chi connectivity index (χ0) is 36.0. The third-order valence-electron chi connectivity index (χ3n) is 8.51. The highest BCUT2D eigenvalue weighted by Crippen LogP contribution is 2.36. The minimum Gasteiger partial charge on any atom is -0.508 e. The largest absolute Gasteiger partial charge is 0.508 e. The van der Waals surface area contributed by atoms with Crippen molar-refractivity contribution in [1.29, 1.82) is 5.26 Å². The Balaban J connectivity index is 1.45. The molecule has 1 aliphatic heterocycles. The summed E-state index contributed by atoms with van der Waals surface area (Å²) in [7, 11) is 1.87. The molecule has 5 rings (SSSR count). The Labute approximate surface area is 293 Å². The van der Waals surface area contributed by atoms with Crippen molar-refractivity contribution in [3.8, 4) is 23.4 Å². The molecule has 0 saturated heterocycles. The van der Waals surface area contributed by atoms with Crippen molar-refractivity contribution in [2.24, 2.45) is 5.92 Å². The van der Waals surface area contributed by atoms with Crippen LogP contribution in [0.5, 0.6) is 17.4 Å². The number of fused-ring (bicyclic) bond motifs is 1. The van der Waals surface area contributed by atoms with Crippen LogP contribution in [0.3, 0.4) is 0 Å². The van der Waals surface area contributed by atoms with Crippen LogP contribution in [0.25, 0.3) is 0 Å². The lowest BCUT2D eigenvalue weighted by Gasteiger charge is -2.32. The Morgan fingerprint density at radius 1 is 1.06 bits per heavy atom. The summed E-state index contributed by atoms with van der Waals surface area (Å²) in [5, 5.41) is 28.3. The average molecular weight is 680 g/mol. The fourth-order valence-electron chi connectivity index (χ4n) is 5.98. The number of nitrogens with one attached hydrogen (secondary N) is 3. The zero-order valence-corrected chi connectivity index (χ0v) is 29.5. The number of ether oxygens (including phenoxy) is 2. The number of hydrogen-bond acceptors (Lipinski definition) is 10. The number of phenolic OH excluding ortho intramolecular Hbond substituents is 1. The van der Waals surface area contributed by atoms with Gasteiger partial charge in [0.05, 0.1) is 29.8 Å². The molecule has 1 atom stereocenters. The van der Waals surface area contributed by atoms with E-state index in [9.17, 15) is 20.0 Å². The quantitative estimate of drug-likeness (QED) is 0.188. The molecule has 3 aromatic rings. The van der Waals surface area contributed by atoms with Gasteiger partial charge in [0.15, 0.2) is 0 Å². The van der Waals surface area contributed by atoms with Gasteiger partial charge in [-0.3, -0.25) is 4.79 Å². The predicted octanol–water partition coefficient (Wildman–Crippen LogP) is 6.44. The molecule has 1 aromatic heterocycles. The molecule has 2 aromatic carbocycles. The fourth-order valence-corrected chi connectivity index (χ4v) is 5.98. The highest BCUT2D eigenvalue weighted by molar-refractivity contribution is 5.80. The molecule has 0 bridgehead atoms. The number of phenols is 1. The first-order valence-corrected chi connectivity index (χ1v) is 16.8. The maximum absolute atomic E-state index is 14.3. The third kappa shape index (κ3) is 9.11. The summed E-state index contributed by atoms with van der Waals surface area (Å²) in [5.74, 6) is 0.781. The molecule has 0 radical (unpaired) electrons. The molecule has 262 valence electrons. The highest BCUT2D eigenvalue weighted by Gasteiger charge is 2.32. The number of anilines is 2. The van der Waals surface area contributed by atoms with Crippen molar-refractivity contribution < 1.29 is 24.2 Å². The molecule has 12 nitrogen and oxygen atoms in total. The van der Waals surface area contributed by atoms with Gasteiger partial charge in [-0.15, -0.1) is 0 Å². The van der Waals surface area contributed by atoms with Crippen molar-refractivity contribution in [2.45, 2.75) is 72.4 Å². The van der Waals surface area contributed by atoms with Gasteiger partial charge in [0, 0.05) is 43.5 Å². The van der Waals surface area contributed by atoms with E-state index in [4.69, 9.17) is 19.4 Å². The Morgan fingerprint density at radius 3 is 2.40 bits per heavy atom. The summed E-state index contributed by atoms with van der Waals surface area (Å²) < 4.78 is 12.0. The van der Waals surface area contributed by atoms with E-state index >= 15 is 0 Å². The molecule has 50 heavy (non-hydrogen) atoms. The van der Waals surface area contributed by atoms with Crippen molar-refractivity contribution in [1.82, 2.24) is 20.2 Å². The number of aryl methyl sites for hydroxylation is 2. The first-order valence-electron chi connectivity index (χ1n) is 16.8. The second-order valence-electron chi connectivity index (χ2n) is 13.6. The summed E-state index contributed by atoms with van der Waals surface area (Å²) in [6.07, 6.45) is 5.16. The van der Waals surface area contributed by atoms with Crippen molar-refractivity contribution in [3.63, 3.8) is 0 Å². The summed E-state index contributed by atoms with van der Waals surface area (Å²) in [5.41, 5.74) is 6.06. The summed E-state index contributed by atoms with van der Waals surface area (Å²) >= 11 is 0. The van der Waals surface area contributed by atoms with E-state index < -0.39 is 17.6 Å². The van der Waals surface area contributed by atoms with Crippen LogP contribution < -0.4 is 20.7 Å². The van der Waals surface area contributed by atoms with Crippen LogP contribution in [0, 0.1) is 31.1 Å². The number of amides is 2. The number of rotatable bonds is 10. The lowest BCUT2D eigenvalue weighted by molar-refractivity contribution is -0.136. The number of aromatic hydroxyl groups is 1. The van der Waals surface area contributed by atoms with E-state index in [2.05, 4.69) is 22.0 Å². The zero-order valence-electron chi connectivity index (χ0n) is 29.5. The van der Waals surface area contributed by atoms with Gasteiger partial charge in [-0.2, -0.15) is 10.2 Å². The third-order valence-corrected chi connectivity index (χ3v) is 8.51. The number of carbonyl (C=O) groups is 2. The van der Waals surface area contributed by atoms with Gasteiger partial charge in [0.2, 0.25) is 17.7 Å². The normalized spacial score (nSPS) is 14.7. The SMILES string of the molecule is CNc1cc(C)c(Oc2nc(NC3=CC=C(C#N)CC3)nc3c2CN(C(=O)[C@@H](CNC(=O)OC(C)(C)C)Cc2ccc(O)cc2)CC3)c(C)c1. The van der Waals surface area contributed by atoms with E-state index in [1.54, 1.807) is 56.0 Å². The fraction of sp³-hybridized carbons (Fsp3) is 0.395. The van der Waals surface area contributed by atoms with Gasteiger partial charge < -0.3 is 35.4 Å².